The smallest absolute Gasteiger partial charge is 0.255 e. The Labute approximate surface area is 130 Å². The van der Waals surface area contributed by atoms with Crippen molar-refractivity contribution in [1.29, 1.82) is 0 Å². The Kier molecular flexibility index (Phi) is 5.67. The van der Waals surface area contributed by atoms with Gasteiger partial charge in [-0.05, 0) is 55.1 Å². The number of hydrogen-bond donors (Lipinski definition) is 1. The van der Waals surface area contributed by atoms with Crippen molar-refractivity contribution in [1.82, 2.24) is 4.90 Å². The van der Waals surface area contributed by atoms with E-state index in [0.29, 0.717) is 5.56 Å². The van der Waals surface area contributed by atoms with E-state index in [2.05, 4.69) is 24.1 Å². The van der Waals surface area contributed by atoms with Crippen LogP contribution < -0.4 is 5.32 Å². The summed E-state index contributed by atoms with van der Waals surface area (Å²) in [7, 11) is 0. The average Bonchev–Trinajstić information content (AvgIpc) is 2.53. The van der Waals surface area contributed by atoms with Gasteiger partial charge in [-0.25, -0.2) is 4.39 Å². The molecule has 2 rings (SSSR count). The molecule has 0 unspecified atom stereocenters. The molecule has 4 heteroatoms. The summed E-state index contributed by atoms with van der Waals surface area (Å²) in [6.07, 6.45) is 0. The summed E-state index contributed by atoms with van der Waals surface area (Å²) >= 11 is 0. The normalized spacial score (nSPS) is 10.7. The highest BCUT2D eigenvalue weighted by molar-refractivity contribution is 6.04. The van der Waals surface area contributed by atoms with Crippen LogP contribution in [0, 0.1) is 5.82 Å². The monoisotopic (exact) mass is 300 g/mol. The largest absolute Gasteiger partial charge is 0.322 e. The number of amides is 1. The summed E-state index contributed by atoms with van der Waals surface area (Å²) in [5, 5.41) is 2.85. The van der Waals surface area contributed by atoms with Gasteiger partial charge in [0.25, 0.3) is 5.91 Å². The molecule has 116 valence electrons. The van der Waals surface area contributed by atoms with Gasteiger partial charge in [0, 0.05) is 17.8 Å². The zero-order valence-electron chi connectivity index (χ0n) is 13.0. The van der Waals surface area contributed by atoms with Crippen LogP contribution in [0.4, 0.5) is 10.1 Å². The Hall–Kier alpha value is -2.20. The first-order valence-corrected chi connectivity index (χ1v) is 7.50. The molecule has 0 saturated heterocycles. The van der Waals surface area contributed by atoms with Gasteiger partial charge in [-0.2, -0.15) is 0 Å². The van der Waals surface area contributed by atoms with Crippen molar-refractivity contribution in [3.05, 3.63) is 65.5 Å². The molecule has 1 N–H and O–H groups in total. The van der Waals surface area contributed by atoms with Crippen LogP contribution in [0.3, 0.4) is 0 Å². The first-order chi connectivity index (χ1) is 10.6. The van der Waals surface area contributed by atoms with E-state index in [1.807, 2.05) is 24.3 Å². The third kappa shape index (κ3) is 4.40. The average molecular weight is 300 g/mol. The molecule has 3 nitrogen and oxygen atoms in total. The lowest BCUT2D eigenvalue weighted by Gasteiger charge is -2.18. The first-order valence-electron chi connectivity index (χ1n) is 7.50. The van der Waals surface area contributed by atoms with E-state index in [-0.39, 0.29) is 11.7 Å². The fourth-order valence-electron chi connectivity index (χ4n) is 2.26. The summed E-state index contributed by atoms with van der Waals surface area (Å²) in [5.41, 5.74) is 2.34. The maximum absolute atomic E-state index is 12.9. The van der Waals surface area contributed by atoms with E-state index < -0.39 is 0 Å². The number of nitrogens with one attached hydrogen (secondary N) is 1. The zero-order valence-corrected chi connectivity index (χ0v) is 13.0. The standard InChI is InChI=1S/C18H21FN2O/c1-3-21(4-2)13-14-6-5-7-17(12-14)20-18(22)15-8-10-16(19)11-9-15/h5-12H,3-4,13H2,1-2H3,(H,20,22). The number of nitrogens with zero attached hydrogens (tertiary/aromatic N) is 1. The van der Waals surface area contributed by atoms with Gasteiger partial charge in [0.1, 0.15) is 5.82 Å². The molecule has 1 amide bonds. The van der Waals surface area contributed by atoms with E-state index in [0.717, 1.165) is 30.9 Å². The molecule has 0 saturated carbocycles. The van der Waals surface area contributed by atoms with Crippen molar-refractivity contribution < 1.29 is 9.18 Å². The van der Waals surface area contributed by atoms with Gasteiger partial charge < -0.3 is 5.32 Å². The van der Waals surface area contributed by atoms with Crippen molar-refractivity contribution in [2.45, 2.75) is 20.4 Å². The van der Waals surface area contributed by atoms with Crippen LogP contribution in [0.1, 0.15) is 29.8 Å². The van der Waals surface area contributed by atoms with Gasteiger partial charge in [0.2, 0.25) is 0 Å². The number of anilines is 1. The Morgan fingerprint density at radius 1 is 1.09 bits per heavy atom. The lowest BCUT2D eigenvalue weighted by molar-refractivity contribution is 0.102. The summed E-state index contributed by atoms with van der Waals surface area (Å²) in [6, 6.07) is 13.3. The Balaban J connectivity index is 2.06. The van der Waals surface area contributed by atoms with Crippen LogP contribution in [0.5, 0.6) is 0 Å². The van der Waals surface area contributed by atoms with Crippen LogP contribution in [-0.2, 0) is 6.54 Å². The van der Waals surface area contributed by atoms with E-state index in [1.165, 1.54) is 24.3 Å². The minimum Gasteiger partial charge on any atom is -0.322 e. The molecule has 0 heterocycles. The molecule has 0 spiro atoms. The van der Waals surface area contributed by atoms with E-state index in [4.69, 9.17) is 0 Å². The molecule has 0 bridgehead atoms. The molecule has 2 aromatic carbocycles. The fourth-order valence-corrected chi connectivity index (χ4v) is 2.26. The highest BCUT2D eigenvalue weighted by atomic mass is 19.1. The third-order valence-electron chi connectivity index (χ3n) is 3.59. The highest BCUT2D eigenvalue weighted by Gasteiger charge is 2.07. The van der Waals surface area contributed by atoms with E-state index in [9.17, 15) is 9.18 Å². The molecule has 0 aliphatic heterocycles. The lowest BCUT2D eigenvalue weighted by Crippen LogP contribution is -2.22. The first kappa shape index (κ1) is 16.2. The van der Waals surface area contributed by atoms with Gasteiger partial charge in [-0.1, -0.05) is 26.0 Å². The van der Waals surface area contributed by atoms with Gasteiger partial charge in [0.05, 0.1) is 0 Å². The molecule has 0 radical (unpaired) electrons. The van der Waals surface area contributed by atoms with Crippen molar-refractivity contribution in [2.75, 3.05) is 18.4 Å². The maximum Gasteiger partial charge on any atom is 0.255 e. The second-order valence-electron chi connectivity index (χ2n) is 5.12. The number of benzene rings is 2. The Morgan fingerprint density at radius 2 is 1.77 bits per heavy atom. The topological polar surface area (TPSA) is 32.3 Å². The summed E-state index contributed by atoms with van der Waals surface area (Å²) in [5.74, 6) is -0.585. The number of hydrogen-bond acceptors (Lipinski definition) is 2. The van der Waals surface area contributed by atoms with Crippen LogP contribution in [-0.4, -0.2) is 23.9 Å². The Morgan fingerprint density at radius 3 is 2.41 bits per heavy atom. The van der Waals surface area contributed by atoms with Crippen molar-refractivity contribution >= 4 is 11.6 Å². The molecule has 0 aromatic heterocycles. The van der Waals surface area contributed by atoms with Gasteiger partial charge in [-0.15, -0.1) is 0 Å². The quantitative estimate of drug-likeness (QED) is 0.877. The van der Waals surface area contributed by atoms with Gasteiger partial charge in [-0.3, -0.25) is 9.69 Å². The SMILES string of the molecule is CCN(CC)Cc1cccc(NC(=O)c2ccc(F)cc2)c1. The molecule has 0 atom stereocenters. The highest BCUT2D eigenvalue weighted by Crippen LogP contribution is 2.14. The second kappa shape index (κ2) is 7.71. The minimum atomic E-state index is -0.349. The molecule has 0 aliphatic rings. The molecule has 0 aliphatic carbocycles. The van der Waals surface area contributed by atoms with Crippen LogP contribution in [0.15, 0.2) is 48.5 Å². The molecular weight excluding hydrogens is 279 g/mol. The number of halogens is 1. The minimum absolute atomic E-state index is 0.236. The molecule has 2 aromatic rings. The molecule has 0 fully saturated rings. The van der Waals surface area contributed by atoms with E-state index in [1.54, 1.807) is 0 Å². The molecular formula is C18H21FN2O. The van der Waals surface area contributed by atoms with Crippen molar-refractivity contribution in [3.8, 4) is 0 Å². The third-order valence-corrected chi connectivity index (χ3v) is 3.59. The van der Waals surface area contributed by atoms with Gasteiger partial charge >= 0.3 is 0 Å². The summed E-state index contributed by atoms with van der Waals surface area (Å²) in [4.78, 5) is 14.4. The summed E-state index contributed by atoms with van der Waals surface area (Å²) in [6.45, 7) is 7.09. The Bertz CT molecular complexity index is 621. The predicted molar refractivity (Wildman–Crippen MR) is 87.4 cm³/mol. The predicted octanol–water partition coefficient (Wildman–Crippen LogP) is 3.92. The summed E-state index contributed by atoms with van der Waals surface area (Å²) < 4.78 is 12.9. The van der Waals surface area contributed by atoms with Crippen LogP contribution in [0.25, 0.3) is 0 Å². The maximum atomic E-state index is 12.9. The van der Waals surface area contributed by atoms with E-state index >= 15 is 0 Å². The zero-order chi connectivity index (χ0) is 15.9. The second-order valence-corrected chi connectivity index (χ2v) is 5.12. The fraction of sp³-hybridized carbons (Fsp3) is 0.278. The van der Waals surface area contributed by atoms with Gasteiger partial charge in [0.15, 0.2) is 0 Å². The molecule has 22 heavy (non-hydrogen) atoms. The number of carbonyl (C=O) groups is 1. The lowest BCUT2D eigenvalue weighted by atomic mass is 10.1. The number of carbonyl (C=O) groups excluding carboxylic acids is 1. The van der Waals surface area contributed by atoms with Crippen LogP contribution >= 0.6 is 0 Å². The van der Waals surface area contributed by atoms with Crippen molar-refractivity contribution in [3.63, 3.8) is 0 Å². The van der Waals surface area contributed by atoms with Crippen LogP contribution in [0.2, 0.25) is 0 Å². The van der Waals surface area contributed by atoms with Crippen molar-refractivity contribution in [2.24, 2.45) is 0 Å². The number of rotatable bonds is 6.